The van der Waals surface area contributed by atoms with Crippen molar-refractivity contribution in [3.8, 4) is 0 Å². The molecular weight excluding hydrogens is 352 g/mol. The predicted octanol–water partition coefficient (Wildman–Crippen LogP) is 3.37. The van der Waals surface area contributed by atoms with Gasteiger partial charge in [-0.2, -0.15) is 0 Å². The molecule has 0 amide bonds. The summed E-state index contributed by atoms with van der Waals surface area (Å²) in [6.45, 7) is 21.8. The van der Waals surface area contributed by atoms with Crippen LogP contribution < -0.4 is 0 Å². The van der Waals surface area contributed by atoms with Crippen molar-refractivity contribution in [1.29, 1.82) is 0 Å². The fourth-order valence-corrected chi connectivity index (χ4v) is 3.57. The fraction of sp³-hybridized carbons (Fsp3) is 0.556. The van der Waals surface area contributed by atoms with Crippen molar-refractivity contribution in [2.45, 2.75) is 40.5 Å². The second-order valence-corrected chi connectivity index (χ2v) is 6.52. The van der Waals surface area contributed by atoms with Crippen LogP contribution in [0.3, 0.4) is 0 Å². The van der Waals surface area contributed by atoms with Gasteiger partial charge in [0.15, 0.2) is 0 Å². The number of carbonyl (C=O) groups is 1. The van der Waals surface area contributed by atoms with Crippen molar-refractivity contribution in [3.63, 3.8) is 0 Å². The van der Waals surface area contributed by atoms with Gasteiger partial charge in [-0.05, 0) is 25.0 Å². The number of hydrogen-bond acceptors (Lipinski definition) is 2. The van der Waals surface area contributed by atoms with Gasteiger partial charge in [0, 0.05) is 33.3 Å². The van der Waals surface area contributed by atoms with Crippen LogP contribution in [0.25, 0.3) is 0 Å². The zero-order valence-electron chi connectivity index (χ0n) is 14.5. The van der Waals surface area contributed by atoms with Gasteiger partial charge >= 0.3 is 33.9 Å². The standard InChI is InChI=1S/C15H22O2.3CO.Fe/c1-13(2)10-15(14(3,4)12(13)16)8-6-11(17-5)7-9-15;3*1-2;/h6-8H,9-10H2,1-5H3;;;;. The molecule has 1 fully saturated rings. The number of methoxy groups -OCH3 is 1. The molecule has 0 saturated heterocycles. The fourth-order valence-electron chi connectivity index (χ4n) is 3.57. The first-order valence-corrected chi connectivity index (χ1v) is 6.85. The largest absolute Gasteiger partial charge is 0 e. The van der Waals surface area contributed by atoms with Crippen LogP contribution in [0.5, 0.6) is 0 Å². The minimum absolute atomic E-state index is 0. The molecule has 0 bridgehead atoms. The van der Waals surface area contributed by atoms with E-state index in [1.165, 1.54) is 0 Å². The summed E-state index contributed by atoms with van der Waals surface area (Å²) in [6, 6.07) is 0. The molecule has 1 unspecified atom stereocenters. The molecule has 132 valence electrons. The predicted molar refractivity (Wildman–Crippen MR) is 80.3 cm³/mol. The summed E-state index contributed by atoms with van der Waals surface area (Å²) in [5.41, 5.74) is -0.537. The Morgan fingerprint density at radius 3 is 1.75 bits per heavy atom. The van der Waals surface area contributed by atoms with Gasteiger partial charge in [-0.25, -0.2) is 0 Å². The number of carbonyl (C=O) groups excluding carboxylic acids is 1. The molecular formula is C18H22FeO5. The molecule has 0 aromatic heterocycles. The summed E-state index contributed by atoms with van der Waals surface area (Å²) in [7, 11) is 1.68. The van der Waals surface area contributed by atoms with Crippen LogP contribution in [0.4, 0.5) is 0 Å². The van der Waals surface area contributed by atoms with Crippen molar-refractivity contribution in [3.05, 3.63) is 43.9 Å². The topological polar surface area (TPSA) is 86.0 Å². The van der Waals surface area contributed by atoms with Crippen LogP contribution in [-0.2, 0) is 40.6 Å². The maximum atomic E-state index is 12.5. The van der Waals surface area contributed by atoms with E-state index in [4.69, 9.17) is 18.7 Å². The van der Waals surface area contributed by atoms with E-state index in [0.29, 0.717) is 5.78 Å². The molecule has 2 aliphatic carbocycles. The number of ketones is 1. The van der Waals surface area contributed by atoms with Crippen LogP contribution in [0.1, 0.15) is 40.5 Å². The summed E-state index contributed by atoms with van der Waals surface area (Å²) in [6.07, 6.45) is 8.14. The van der Waals surface area contributed by atoms with E-state index in [9.17, 15) is 4.79 Å². The normalized spacial score (nSPS) is 24.3. The van der Waals surface area contributed by atoms with Gasteiger partial charge in [0.1, 0.15) is 11.5 Å². The summed E-state index contributed by atoms with van der Waals surface area (Å²) in [4.78, 5) is 12.5. The van der Waals surface area contributed by atoms with Crippen LogP contribution in [0.2, 0.25) is 0 Å². The van der Waals surface area contributed by atoms with E-state index in [2.05, 4.69) is 59.8 Å². The third-order valence-electron chi connectivity index (χ3n) is 4.65. The minimum Gasteiger partial charge on any atom is 0 e. The van der Waals surface area contributed by atoms with Gasteiger partial charge < -0.3 is 4.74 Å². The van der Waals surface area contributed by atoms with Crippen molar-refractivity contribution >= 4 is 5.78 Å². The Bertz CT molecular complexity index is 523. The first kappa shape index (κ1) is 27.5. The molecule has 0 heterocycles. The minimum atomic E-state index is -0.289. The number of rotatable bonds is 1. The maximum Gasteiger partial charge on any atom is 0 e. The molecule has 1 atom stereocenters. The van der Waals surface area contributed by atoms with E-state index in [1.807, 2.05) is 6.08 Å². The van der Waals surface area contributed by atoms with Crippen molar-refractivity contribution < 1.29 is 40.6 Å². The summed E-state index contributed by atoms with van der Waals surface area (Å²) >= 11 is 0. The Labute approximate surface area is 154 Å². The van der Waals surface area contributed by atoms with Gasteiger partial charge in [0.05, 0.1) is 7.11 Å². The average molecular weight is 374 g/mol. The summed E-state index contributed by atoms with van der Waals surface area (Å²) < 4.78 is 27.7. The number of Topliss-reactive ketones (excluding diaryl/α,β-unsaturated/α-hetero) is 1. The average Bonchev–Trinajstić information content (AvgIpc) is 2.71. The summed E-state index contributed by atoms with van der Waals surface area (Å²) in [5, 5.41) is 0. The molecule has 0 N–H and O–H groups in total. The molecule has 0 aromatic carbocycles. The smallest absolute Gasteiger partial charge is 0 e. The first-order chi connectivity index (χ1) is 10.8. The second kappa shape index (κ2) is 11.3. The third kappa shape index (κ3) is 5.09. The SMILES string of the molecule is COC1=CCC2(C=C1)CC(C)(C)C(=O)C2(C)C.[C-]#[O+].[C-]#[O+].[C-]#[O+].[Fe]. The van der Waals surface area contributed by atoms with Gasteiger partial charge in [0.25, 0.3) is 0 Å². The van der Waals surface area contributed by atoms with Gasteiger partial charge in [-0.1, -0.05) is 33.8 Å². The van der Waals surface area contributed by atoms with Crippen molar-refractivity contribution in [2.24, 2.45) is 16.2 Å². The quantitative estimate of drug-likeness (QED) is 0.400. The Hall–Kier alpha value is -1.31. The second-order valence-electron chi connectivity index (χ2n) is 6.52. The van der Waals surface area contributed by atoms with E-state index >= 15 is 0 Å². The van der Waals surface area contributed by atoms with Crippen LogP contribution in [0, 0.1) is 36.2 Å². The zero-order chi connectivity index (χ0) is 18.9. The van der Waals surface area contributed by atoms with E-state index in [1.54, 1.807) is 7.11 Å². The molecule has 2 rings (SSSR count). The molecule has 5 nitrogen and oxygen atoms in total. The van der Waals surface area contributed by atoms with Crippen molar-refractivity contribution in [2.75, 3.05) is 7.11 Å². The van der Waals surface area contributed by atoms with Gasteiger partial charge in [-0.15, -0.1) is 0 Å². The Balaban J connectivity index is -0.000000569. The molecule has 24 heavy (non-hydrogen) atoms. The number of hydrogen-bond donors (Lipinski definition) is 0. The monoisotopic (exact) mass is 374 g/mol. The third-order valence-corrected chi connectivity index (χ3v) is 4.65. The van der Waals surface area contributed by atoms with Crippen LogP contribution in [0.15, 0.2) is 24.0 Å². The van der Waals surface area contributed by atoms with Crippen LogP contribution >= 0.6 is 0 Å². The van der Waals surface area contributed by atoms with Crippen LogP contribution in [-0.4, -0.2) is 12.9 Å². The summed E-state index contributed by atoms with van der Waals surface area (Å²) in [5.74, 6) is 1.28. The molecule has 2 aliphatic rings. The molecule has 6 heteroatoms. The van der Waals surface area contributed by atoms with E-state index in [0.717, 1.165) is 18.6 Å². The van der Waals surface area contributed by atoms with E-state index in [-0.39, 0.29) is 33.3 Å². The zero-order valence-corrected chi connectivity index (χ0v) is 15.6. The maximum absolute atomic E-state index is 12.5. The molecule has 0 aromatic rings. The Morgan fingerprint density at radius 2 is 1.50 bits per heavy atom. The van der Waals surface area contributed by atoms with Gasteiger partial charge in [0.2, 0.25) is 0 Å². The molecule has 1 spiro atoms. The molecule has 1 saturated carbocycles. The first-order valence-electron chi connectivity index (χ1n) is 6.85. The number of ether oxygens (including phenoxy) is 1. The number of allylic oxidation sites excluding steroid dienone is 3. The Kier molecular flexibility index (Phi) is 12.9. The molecule has 0 aliphatic heterocycles. The molecule has 0 radical (unpaired) electrons. The van der Waals surface area contributed by atoms with Crippen molar-refractivity contribution in [1.82, 2.24) is 0 Å². The van der Waals surface area contributed by atoms with Gasteiger partial charge in [-0.3, -0.25) is 4.79 Å². The van der Waals surface area contributed by atoms with E-state index < -0.39 is 0 Å². The Morgan fingerprint density at radius 1 is 1.04 bits per heavy atom.